The second-order valence-electron chi connectivity index (χ2n) is 3.85. The highest BCUT2D eigenvalue weighted by molar-refractivity contribution is 5.84. The minimum absolute atomic E-state index is 0.198. The predicted octanol–water partition coefficient (Wildman–Crippen LogP) is 2.75. The first kappa shape index (κ1) is 15.0. The van der Waals surface area contributed by atoms with Crippen molar-refractivity contribution in [2.24, 2.45) is 0 Å². The molecular formula is C14H19NO4. The SMILES string of the molecule is CCOC(=O)CCc1ccc(NC(=O)OCC)cc1. The van der Waals surface area contributed by atoms with Crippen molar-refractivity contribution >= 4 is 17.7 Å². The van der Waals surface area contributed by atoms with Gasteiger partial charge in [-0.3, -0.25) is 10.1 Å². The zero-order chi connectivity index (χ0) is 14.1. The molecule has 0 atom stereocenters. The Morgan fingerprint density at radius 3 is 2.26 bits per heavy atom. The molecule has 1 N–H and O–H groups in total. The maximum Gasteiger partial charge on any atom is 0.411 e. The third-order valence-corrected chi connectivity index (χ3v) is 2.40. The molecule has 0 radical (unpaired) electrons. The van der Waals surface area contributed by atoms with Crippen LogP contribution in [-0.4, -0.2) is 25.3 Å². The van der Waals surface area contributed by atoms with Gasteiger partial charge in [0.05, 0.1) is 13.2 Å². The van der Waals surface area contributed by atoms with E-state index < -0.39 is 6.09 Å². The van der Waals surface area contributed by atoms with E-state index in [1.54, 1.807) is 26.0 Å². The number of carbonyl (C=O) groups is 2. The summed E-state index contributed by atoms with van der Waals surface area (Å²) in [7, 11) is 0. The summed E-state index contributed by atoms with van der Waals surface area (Å²) >= 11 is 0. The summed E-state index contributed by atoms with van der Waals surface area (Å²) in [6.07, 6.45) is 0.513. The number of hydrogen-bond donors (Lipinski definition) is 1. The van der Waals surface area contributed by atoms with Gasteiger partial charge in [0.25, 0.3) is 0 Å². The Morgan fingerprint density at radius 2 is 1.68 bits per heavy atom. The van der Waals surface area contributed by atoms with Crippen LogP contribution in [0.4, 0.5) is 10.5 Å². The minimum atomic E-state index is -0.471. The van der Waals surface area contributed by atoms with E-state index in [4.69, 9.17) is 9.47 Å². The summed E-state index contributed by atoms with van der Waals surface area (Å²) in [6.45, 7) is 4.27. The van der Waals surface area contributed by atoms with Crippen molar-refractivity contribution in [3.8, 4) is 0 Å². The number of nitrogens with one attached hydrogen (secondary N) is 1. The number of benzene rings is 1. The molecule has 104 valence electrons. The number of amides is 1. The molecule has 0 aliphatic carbocycles. The van der Waals surface area contributed by atoms with Crippen molar-refractivity contribution < 1.29 is 19.1 Å². The largest absolute Gasteiger partial charge is 0.466 e. The second-order valence-corrected chi connectivity index (χ2v) is 3.85. The molecule has 0 heterocycles. The lowest BCUT2D eigenvalue weighted by Gasteiger charge is -2.06. The van der Waals surface area contributed by atoms with Crippen molar-refractivity contribution in [1.82, 2.24) is 0 Å². The molecule has 0 aromatic heterocycles. The van der Waals surface area contributed by atoms with Crippen LogP contribution in [0.5, 0.6) is 0 Å². The molecule has 19 heavy (non-hydrogen) atoms. The number of aryl methyl sites for hydroxylation is 1. The fourth-order valence-electron chi connectivity index (χ4n) is 1.52. The smallest absolute Gasteiger partial charge is 0.411 e. The van der Waals surface area contributed by atoms with Gasteiger partial charge in [-0.25, -0.2) is 4.79 Å². The number of rotatable bonds is 6. The van der Waals surface area contributed by atoms with Crippen LogP contribution in [0.15, 0.2) is 24.3 Å². The van der Waals surface area contributed by atoms with E-state index in [9.17, 15) is 9.59 Å². The average molecular weight is 265 g/mol. The Balaban J connectivity index is 2.43. The molecule has 0 fully saturated rings. The molecule has 1 aromatic rings. The van der Waals surface area contributed by atoms with Gasteiger partial charge in [-0.05, 0) is 38.0 Å². The van der Waals surface area contributed by atoms with Gasteiger partial charge in [0.15, 0.2) is 0 Å². The summed E-state index contributed by atoms with van der Waals surface area (Å²) in [4.78, 5) is 22.4. The molecule has 1 rings (SSSR count). The number of anilines is 1. The molecule has 1 amide bonds. The second kappa shape index (κ2) is 8.13. The Labute approximate surface area is 112 Å². The van der Waals surface area contributed by atoms with E-state index in [0.717, 1.165) is 5.56 Å². The Bertz CT molecular complexity index is 414. The first-order chi connectivity index (χ1) is 9.15. The molecule has 1 aromatic carbocycles. The molecule has 0 spiro atoms. The quantitative estimate of drug-likeness (QED) is 0.803. The highest BCUT2D eigenvalue weighted by Crippen LogP contribution is 2.11. The van der Waals surface area contributed by atoms with Gasteiger partial charge >= 0.3 is 12.1 Å². The summed E-state index contributed by atoms with van der Waals surface area (Å²) < 4.78 is 9.63. The van der Waals surface area contributed by atoms with Crippen LogP contribution in [0, 0.1) is 0 Å². The third kappa shape index (κ3) is 5.90. The van der Waals surface area contributed by atoms with Crippen LogP contribution < -0.4 is 5.32 Å². The van der Waals surface area contributed by atoms with Gasteiger partial charge in [0.1, 0.15) is 0 Å². The molecule has 0 unspecified atom stereocenters. The van der Waals surface area contributed by atoms with Gasteiger partial charge in [0, 0.05) is 12.1 Å². The van der Waals surface area contributed by atoms with E-state index in [-0.39, 0.29) is 5.97 Å². The Hall–Kier alpha value is -2.04. The maximum atomic E-state index is 11.2. The number of esters is 1. The van der Waals surface area contributed by atoms with Crippen LogP contribution >= 0.6 is 0 Å². The summed E-state index contributed by atoms with van der Waals surface area (Å²) in [5.74, 6) is -0.198. The molecule has 5 nitrogen and oxygen atoms in total. The van der Waals surface area contributed by atoms with Gasteiger partial charge in [-0.15, -0.1) is 0 Å². The third-order valence-electron chi connectivity index (χ3n) is 2.40. The van der Waals surface area contributed by atoms with E-state index in [1.807, 2.05) is 12.1 Å². The fourth-order valence-corrected chi connectivity index (χ4v) is 1.52. The molecule has 0 saturated heterocycles. The molecule has 0 aliphatic rings. The molecule has 5 heteroatoms. The fraction of sp³-hybridized carbons (Fsp3) is 0.429. The predicted molar refractivity (Wildman–Crippen MR) is 72.0 cm³/mol. The first-order valence-electron chi connectivity index (χ1n) is 6.34. The lowest BCUT2D eigenvalue weighted by atomic mass is 10.1. The van der Waals surface area contributed by atoms with E-state index in [2.05, 4.69) is 5.32 Å². The highest BCUT2D eigenvalue weighted by Gasteiger charge is 2.04. The van der Waals surface area contributed by atoms with Crippen molar-refractivity contribution in [3.05, 3.63) is 29.8 Å². The van der Waals surface area contributed by atoms with Crippen LogP contribution in [-0.2, 0) is 20.7 Å². The summed E-state index contributed by atoms with van der Waals surface area (Å²) in [5.41, 5.74) is 1.68. The van der Waals surface area contributed by atoms with Crippen LogP contribution in [0.1, 0.15) is 25.8 Å². The van der Waals surface area contributed by atoms with E-state index >= 15 is 0 Å². The monoisotopic (exact) mass is 265 g/mol. The maximum absolute atomic E-state index is 11.2. The minimum Gasteiger partial charge on any atom is -0.466 e. The Kier molecular flexibility index (Phi) is 6.43. The van der Waals surface area contributed by atoms with Gasteiger partial charge in [-0.1, -0.05) is 12.1 Å². The Morgan fingerprint density at radius 1 is 1.05 bits per heavy atom. The lowest BCUT2D eigenvalue weighted by Crippen LogP contribution is -2.13. The number of ether oxygens (including phenoxy) is 2. The van der Waals surface area contributed by atoms with Crippen molar-refractivity contribution in [2.45, 2.75) is 26.7 Å². The van der Waals surface area contributed by atoms with Crippen molar-refractivity contribution in [2.75, 3.05) is 18.5 Å². The molecule has 0 saturated carbocycles. The summed E-state index contributed by atoms with van der Waals surface area (Å²) in [5, 5.41) is 2.60. The van der Waals surface area contributed by atoms with Crippen LogP contribution in [0.25, 0.3) is 0 Å². The van der Waals surface area contributed by atoms with Crippen LogP contribution in [0.3, 0.4) is 0 Å². The van der Waals surface area contributed by atoms with Crippen molar-refractivity contribution in [1.29, 1.82) is 0 Å². The summed E-state index contributed by atoms with van der Waals surface area (Å²) in [6, 6.07) is 7.27. The molecular weight excluding hydrogens is 246 g/mol. The standard InChI is InChI=1S/C14H19NO4/c1-3-18-13(16)10-7-11-5-8-12(9-6-11)15-14(17)19-4-2/h5-6,8-9H,3-4,7,10H2,1-2H3,(H,15,17). The van der Waals surface area contributed by atoms with Crippen molar-refractivity contribution in [3.63, 3.8) is 0 Å². The van der Waals surface area contributed by atoms with Gasteiger partial charge in [-0.2, -0.15) is 0 Å². The van der Waals surface area contributed by atoms with Gasteiger partial charge < -0.3 is 9.47 Å². The lowest BCUT2D eigenvalue weighted by molar-refractivity contribution is -0.143. The van der Waals surface area contributed by atoms with Gasteiger partial charge in [0.2, 0.25) is 0 Å². The topological polar surface area (TPSA) is 64.6 Å². The number of carbonyl (C=O) groups excluding carboxylic acids is 2. The first-order valence-corrected chi connectivity index (χ1v) is 6.34. The molecule has 0 aliphatic heterocycles. The van der Waals surface area contributed by atoms with E-state index in [1.165, 1.54) is 0 Å². The molecule has 0 bridgehead atoms. The average Bonchev–Trinajstić information content (AvgIpc) is 2.38. The highest BCUT2D eigenvalue weighted by atomic mass is 16.5. The zero-order valence-corrected chi connectivity index (χ0v) is 11.3. The number of hydrogen-bond acceptors (Lipinski definition) is 4. The zero-order valence-electron chi connectivity index (χ0n) is 11.3. The van der Waals surface area contributed by atoms with Crippen LogP contribution in [0.2, 0.25) is 0 Å². The normalized spacial score (nSPS) is 9.79. The van der Waals surface area contributed by atoms with E-state index in [0.29, 0.717) is 31.7 Å².